The molecule has 7 heavy (non-hydrogen) atoms. The van der Waals surface area contributed by atoms with E-state index in [-0.39, 0.29) is 0 Å². The first-order valence-corrected chi connectivity index (χ1v) is 3.82. The van der Waals surface area contributed by atoms with Crippen molar-refractivity contribution in [3.63, 3.8) is 0 Å². The van der Waals surface area contributed by atoms with Crippen LogP contribution in [0.15, 0.2) is 0 Å². The fourth-order valence-corrected chi connectivity index (χ4v) is 2.47. The Morgan fingerprint density at radius 1 is 1.57 bits per heavy atom. The second-order valence-corrected chi connectivity index (χ2v) is 3.65. The summed E-state index contributed by atoms with van der Waals surface area (Å²) in [5.41, 5.74) is 6.32. The maximum Gasteiger partial charge on any atom is 0.0118 e. The second-order valence-electron chi connectivity index (χ2n) is 2.67. The minimum absolute atomic E-state index is 0.578. The van der Waals surface area contributed by atoms with E-state index in [0.717, 1.165) is 0 Å². The van der Waals surface area contributed by atoms with Crippen molar-refractivity contribution in [2.24, 2.45) is 11.1 Å². The molecule has 2 rings (SSSR count). The molecule has 2 heteroatoms. The van der Waals surface area contributed by atoms with Crippen molar-refractivity contribution >= 4 is 11.8 Å². The number of thioether (sulfide) groups is 1. The zero-order chi connectivity index (χ0) is 4.91. The van der Waals surface area contributed by atoms with E-state index in [1.54, 1.807) is 0 Å². The maximum atomic E-state index is 5.65. The van der Waals surface area contributed by atoms with E-state index in [4.69, 9.17) is 5.73 Å². The Morgan fingerprint density at radius 2 is 2.14 bits per heavy atom. The highest BCUT2D eigenvalue weighted by molar-refractivity contribution is 8.00. The lowest BCUT2D eigenvalue weighted by Gasteiger charge is -2.24. The fraction of sp³-hybridized carbons (Fsp3) is 1.00. The van der Waals surface area contributed by atoms with Crippen LogP contribution >= 0.6 is 11.8 Å². The average Bonchev–Trinajstić information content (AvgIpc) is 2.10. The van der Waals surface area contributed by atoms with Crippen LogP contribution in [0.4, 0.5) is 0 Å². The second kappa shape index (κ2) is 1.00. The molecule has 1 spiro atoms. The van der Waals surface area contributed by atoms with Crippen LogP contribution in [-0.2, 0) is 0 Å². The van der Waals surface area contributed by atoms with Crippen molar-refractivity contribution in [3.8, 4) is 0 Å². The molecule has 1 unspecified atom stereocenters. The topological polar surface area (TPSA) is 26.0 Å². The lowest BCUT2D eigenvalue weighted by Crippen LogP contribution is -2.27. The van der Waals surface area contributed by atoms with Gasteiger partial charge in [-0.05, 0) is 6.42 Å². The molecule has 0 radical (unpaired) electrons. The summed E-state index contributed by atoms with van der Waals surface area (Å²) in [5.74, 6) is 2.68. The number of nitrogens with two attached hydrogens (primary N) is 1. The summed E-state index contributed by atoms with van der Waals surface area (Å²) in [6.45, 7) is 0. The molecule has 0 amide bonds. The first-order valence-electron chi connectivity index (χ1n) is 2.67. The highest BCUT2D eigenvalue weighted by Crippen LogP contribution is 2.56. The van der Waals surface area contributed by atoms with E-state index in [9.17, 15) is 0 Å². The highest BCUT2D eigenvalue weighted by Gasteiger charge is 2.56. The third-order valence-corrected chi connectivity index (χ3v) is 3.59. The van der Waals surface area contributed by atoms with Crippen molar-refractivity contribution < 1.29 is 0 Å². The van der Waals surface area contributed by atoms with Crippen LogP contribution < -0.4 is 5.73 Å². The number of hydrogen-bond acceptors (Lipinski definition) is 2. The Balaban J connectivity index is 2.05. The Hall–Kier alpha value is 0.310. The maximum absolute atomic E-state index is 5.65. The van der Waals surface area contributed by atoms with Crippen molar-refractivity contribution in [2.45, 2.75) is 12.5 Å². The van der Waals surface area contributed by atoms with Crippen LogP contribution in [0.2, 0.25) is 0 Å². The summed E-state index contributed by atoms with van der Waals surface area (Å²) in [7, 11) is 0. The number of rotatable bonds is 0. The van der Waals surface area contributed by atoms with Gasteiger partial charge in [-0.2, -0.15) is 11.8 Å². The third kappa shape index (κ3) is 0.391. The highest BCUT2D eigenvalue weighted by atomic mass is 32.2. The zero-order valence-corrected chi connectivity index (χ0v) is 5.00. The van der Waals surface area contributed by atoms with Crippen molar-refractivity contribution in [3.05, 3.63) is 0 Å². The predicted molar refractivity (Wildman–Crippen MR) is 32.4 cm³/mol. The van der Waals surface area contributed by atoms with Gasteiger partial charge in [0.25, 0.3) is 0 Å². The smallest absolute Gasteiger partial charge is 0.0118 e. The molecule has 1 heterocycles. The number of hydrogen-bond donors (Lipinski definition) is 1. The van der Waals surface area contributed by atoms with Gasteiger partial charge in [-0.1, -0.05) is 0 Å². The van der Waals surface area contributed by atoms with Crippen LogP contribution in [0, 0.1) is 5.41 Å². The Morgan fingerprint density at radius 3 is 2.14 bits per heavy atom. The molecule has 0 aromatic carbocycles. The van der Waals surface area contributed by atoms with Gasteiger partial charge >= 0.3 is 0 Å². The largest absolute Gasteiger partial charge is 0.327 e. The van der Waals surface area contributed by atoms with Gasteiger partial charge in [0.05, 0.1) is 0 Å². The van der Waals surface area contributed by atoms with Gasteiger partial charge in [0, 0.05) is 23.0 Å². The summed E-state index contributed by atoms with van der Waals surface area (Å²) >= 11 is 2.03. The van der Waals surface area contributed by atoms with Crippen LogP contribution in [0.1, 0.15) is 6.42 Å². The molecule has 0 bridgehead atoms. The molecule has 1 aliphatic heterocycles. The lowest BCUT2D eigenvalue weighted by molar-refractivity contribution is 0.607. The zero-order valence-electron chi connectivity index (χ0n) is 4.18. The van der Waals surface area contributed by atoms with Crippen LogP contribution in [0.5, 0.6) is 0 Å². The monoisotopic (exact) mass is 115 g/mol. The molecular weight excluding hydrogens is 106 g/mol. The van der Waals surface area contributed by atoms with E-state index in [0.29, 0.717) is 11.5 Å². The molecule has 1 aliphatic carbocycles. The summed E-state index contributed by atoms with van der Waals surface area (Å²) < 4.78 is 0. The quantitative estimate of drug-likeness (QED) is 0.496. The van der Waals surface area contributed by atoms with E-state index in [1.807, 2.05) is 11.8 Å². The van der Waals surface area contributed by atoms with Crippen molar-refractivity contribution in [2.75, 3.05) is 11.5 Å². The molecular formula is C5H9NS. The summed E-state index contributed by atoms with van der Waals surface area (Å²) in [4.78, 5) is 0. The van der Waals surface area contributed by atoms with Crippen LogP contribution in [0.3, 0.4) is 0 Å². The van der Waals surface area contributed by atoms with Gasteiger partial charge in [-0.25, -0.2) is 0 Å². The van der Waals surface area contributed by atoms with E-state index in [2.05, 4.69) is 0 Å². The minimum atomic E-state index is 0.578. The van der Waals surface area contributed by atoms with Crippen LogP contribution in [-0.4, -0.2) is 17.5 Å². The molecule has 0 aromatic heterocycles. The Kier molecular flexibility index (Phi) is 0.605. The first kappa shape index (κ1) is 4.21. The molecule has 40 valence electrons. The van der Waals surface area contributed by atoms with Crippen molar-refractivity contribution in [1.82, 2.24) is 0 Å². The average molecular weight is 115 g/mol. The molecule has 1 atom stereocenters. The molecule has 0 aromatic rings. The summed E-state index contributed by atoms with van der Waals surface area (Å²) in [6.07, 6.45) is 1.31. The molecule has 2 aliphatic rings. The third-order valence-electron chi connectivity index (χ3n) is 2.03. The minimum Gasteiger partial charge on any atom is -0.327 e. The molecule has 1 saturated heterocycles. The first-order chi connectivity index (χ1) is 3.33. The van der Waals surface area contributed by atoms with Gasteiger partial charge in [0.2, 0.25) is 0 Å². The lowest BCUT2D eigenvalue weighted by atomic mass is 10.1. The standard InChI is InChI=1S/C5H9NS/c6-4-1-5(4)2-7-3-5/h4H,1-3,6H2. The Labute approximate surface area is 47.7 Å². The van der Waals surface area contributed by atoms with E-state index >= 15 is 0 Å². The van der Waals surface area contributed by atoms with Gasteiger partial charge in [0.15, 0.2) is 0 Å². The molecule has 1 nitrogen and oxygen atoms in total. The molecule has 1 saturated carbocycles. The summed E-state index contributed by atoms with van der Waals surface area (Å²) in [6, 6.07) is 0.578. The Bertz CT molecular complexity index is 92.7. The van der Waals surface area contributed by atoms with Gasteiger partial charge in [-0.15, -0.1) is 0 Å². The van der Waals surface area contributed by atoms with Gasteiger partial charge < -0.3 is 5.73 Å². The van der Waals surface area contributed by atoms with E-state index < -0.39 is 0 Å². The summed E-state index contributed by atoms with van der Waals surface area (Å²) in [5, 5.41) is 0. The molecule has 2 N–H and O–H groups in total. The predicted octanol–water partition coefficient (Wildman–Crippen LogP) is 0.451. The van der Waals surface area contributed by atoms with Gasteiger partial charge in [0.1, 0.15) is 0 Å². The van der Waals surface area contributed by atoms with Crippen LogP contribution in [0.25, 0.3) is 0 Å². The SMILES string of the molecule is NC1CC12CSC2. The van der Waals surface area contributed by atoms with Gasteiger partial charge in [-0.3, -0.25) is 0 Å². The van der Waals surface area contributed by atoms with Crippen molar-refractivity contribution in [1.29, 1.82) is 0 Å². The normalized spacial score (nSPS) is 43.3. The fourth-order valence-electron chi connectivity index (χ4n) is 1.08. The molecule has 2 fully saturated rings. The van der Waals surface area contributed by atoms with E-state index in [1.165, 1.54) is 17.9 Å².